The lowest BCUT2D eigenvalue weighted by Crippen LogP contribution is -2.19. The number of rotatable bonds is 8. The van der Waals surface area contributed by atoms with Crippen LogP contribution < -0.4 is 4.74 Å². The maximum Gasteiger partial charge on any atom is 0.311 e. The van der Waals surface area contributed by atoms with Gasteiger partial charge in [-0.2, -0.15) is 0 Å². The molecule has 0 saturated carbocycles. The number of carboxylic acids is 1. The summed E-state index contributed by atoms with van der Waals surface area (Å²) in [5.41, 5.74) is 4.48. The predicted octanol–water partition coefficient (Wildman–Crippen LogP) is 4.29. The highest BCUT2D eigenvalue weighted by molar-refractivity contribution is 8.01. The Morgan fingerprint density at radius 1 is 1.29 bits per heavy atom. The molecule has 2 aliphatic heterocycles. The highest BCUT2D eigenvalue weighted by Crippen LogP contribution is 2.50. The third-order valence-corrected chi connectivity index (χ3v) is 6.58. The van der Waals surface area contributed by atoms with Gasteiger partial charge in [-0.1, -0.05) is 24.2 Å². The standard InChI is InChI=1S/C21H25NO5S/c1-3-17(22-26-2)21-16(12-15-7-8-18(21)28-15)13-5-4-6-14(11-13)27-20(25)10-9-19(23)24/h4-6,11,15,18H,3,7-10,12H2,1-2H3,(H,23,24)/t15?,18-/m1/s1. The fourth-order valence-corrected chi connectivity index (χ4v) is 5.47. The topological polar surface area (TPSA) is 85.2 Å². The maximum absolute atomic E-state index is 11.9. The first-order valence-electron chi connectivity index (χ1n) is 9.53. The molecule has 1 aromatic carbocycles. The van der Waals surface area contributed by atoms with Crippen LogP contribution in [0.4, 0.5) is 0 Å². The SMILES string of the molecule is CCC(=NOC)C1=C(c2cccc(OC(=O)CCC(=O)O)c2)CC2CC[C@H]1S2. The van der Waals surface area contributed by atoms with Gasteiger partial charge in [-0.05, 0) is 54.5 Å². The Morgan fingerprint density at radius 2 is 2.11 bits per heavy atom. The molecule has 150 valence electrons. The Bertz CT molecular complexity index is 817. The molecule has 0 amide bonds. The van der Waals surface area contributed by atoms with Crippen LogP contribution in [0.2, 0.25) is 0 Å². The predicted molar refractivity (Wildman–Crippen MR) is 110 cm³/mol. The lowest BCUT2D eigenvalue weighted by atomic mass is 9.91. The highest BCUT2D eigenvalue weighted by atomic mass is 32.2. The third kappa shape index (κ3) is 4.76. The average molecular weight is 404 g/mol. The van der Waals surface area contributed by atoms with Gasteiger partial charge in [-0.3, -0.25) is 9.59 Å². The van der Waals surface area contributed by atoms with Gasteiger partial charge in [-0.15, -0.1) is 11.8 Å². The summed E-state index contributed by atoms with van der Waals surface area (Å²) in [7, 11) is 1.57. The summed E-state index contributed by atoms with van der Waals surface area (Å²) in [4.78, 5) is 27.6. The van der Waals surface area contributed by atoms with Crippen molar-refractivity contribution in [2.24, 2.45) is 5.16 Å². The molecule has 0 aliphatic carbocycles. The molecule has 1 N–H and O–H groups in total. The van der Waals surface area contributed by atoms with Gasteiger partial charge in [0.05, 0.1) is 18.6 Å². The molecular weight excluding hydrogens is 378 g/mol. The summed E-state index contributed by atoms with van der Waals surface area (Å²) in [6.07, 6.45) is 3.70. The fraction of sp³-hybridized carbons (Fsp3) is 0.476. The van der Waals surface area contributed by atoms with Gasteiger partial charge in [0.15, 0.2) is 0 Å². The number of carbonyl (C=O) groups excluding carboxylic acids is 1. The number of oxime groups is 1. The number of carboxylic acid groups (broad SMARTS) is 1. The zero-order valence-electron chi connectivity index (χ0n) is 16.1. The lowest BCUT2D eigenvalue weighted by molar-refractivity contribution is -0.142. The Kier molecular flexibility index (Phi) is 6.78. The van der Waals surface area contributed by atoms with Crippen molar-refractivity contribution in [2.75, 3.05) is 7.11 Å². The van der Waals surface area contributed by atoms with E-state index in [4.69, 9.17) is 14.7 Å². The Balaban J connectivity index is 1.90. The van der Waals surface area contributed by atoms with Crippen LogP contribution >= 0.6 is 11.8 Å². The van der Waals surface area contributed by atoms with Crippen molar-refractivity contribution < 1.29 is 24.3 Å². The molecule has 3 rings (SSSR count). The summed E-state index contributed by atoms with van der Waals surface area (Å²) < 4.78 is 5.35. The van der Waals surface area contributed by atoms with Crippen LogP contribution in [0.5, 0.6) is 5.75 Å². The van der Waals surface area contributed by atoms with E-state index < -0.39 is 11.9 Å². The van der Waals surface area contributed by atoms with Crippen LogP contribution in [0.1, 0.15) is 51.0 Å². The van der Waals surface area contributed by atoms with Crippen LogP contribution in [0.3, 0.4) is 0 Å². The zero-order chi connectivity index (χ0) is 20.1. The maximum atomic E-state index is 11.9. The quantitative estimate of drug-likeness (QED) is 0.302. The Hall–Kier alpha value is -2.28. The first-order chi connectivity index (χ1) is 13.5. The van der Waals surface area contributed by atoms with E-state index in [9.17, 15) is 9.59 Å². The van der Waals surface area contributed by atoms with Crippen molar-refractivity contribution in [3.8, 4) is 5.75 Å². The smallest absolute Gasteiger partial charge is 0.311 e. The average Bonchev–Trinajstić information content (AvgIpc) is 3.06. The van der Waals surface area contributed by atoms with E-state index in [-0.39, 0.29) is 12.8 Å². The van der Waals surface area contributed by atoms with E-state index >= 15 is 0 Å². The van der Waals surface area contributed by atoms with E-state index in [1.807, 2.05) is 30.0 Å². The highest BCUT2D eigenvalue weighted by Gasteiger charge is 2.37. The molecule has 0 radical (unpaired) electrons. The van der Waals surface area contributed by atoms with Crippen molar-refractivity contribution >= 4 is 35.0 Å². The number of hydrogen-bond acceptors (Lipinski definition) is 6. The Morgan fingerprint density at radius 3 is 2.82 bits per heavy atom. The van der Waals surface area contributed by atoms with E-state index in [1.165, 1.54) is 17.6 Å². The molecule has 1 fully saturated rings. The molecule has 1 unspecified atom stereocenters. The van der Waals surface area contributed by atoms with Gasteiger partial charge in [0, 0.05) is 10.5 Å². The number of fused-ring (bicyclic) bond motifs is 2. The van der Waals surface area contributed by atoms with Crippen molar-refractivity contribution in [2.45, 2.75) is 55.9 Å². The molecule has 2 heterocycles. The first kappa shape index (κ1) is 20.5. The molecule has 2 atom stereocenters. The summed E-state index contributed by atoms with van der Waals surface area (Å²) in [5, 5.41) is 14.0. The minimum atomic E-state index is -1.01. The second kappa shape index (κ2) is 9.28. The molecule has 28 heavy (non-hydrogen) atoms. The molecule has 1 aromatic rings. The van der Waals surface area contributed by atoms with E-state index in [2.05, 4.69) is 12.1 Å². The number of aliphatic carboxylic acids is 1. The summed E-state index contributed by atoms with van der Waals surface area (Å²) >= 11 is 2.02. The largest absolute Gasteiger partial charge is 0.481 e. The van der Waals surface area contributed by atoms with Crippen LogP contribution in [0.15, 0.2) is 35.0 Å². The molecule has 2 bridgehead atoms. The molecule has 7 heteroatoms. The second-order valence-corrected chi connectivity index (χ2v) is 8.40. The molecule has 0 spiro atoms. The number of nitrogens with zero attached hydrogens (tertiary/aromatic N) is 1. The van der Waals surface area contributed by atoms with Gasteiger partial charge in [0.25, 0.3) is 0 Å². The van der Waals surface area contributed by atoms with Gasteiger partial charge >= 0.3 is 11.9 Å². The number of allylic oxidation sites excluding steroid dienone is 1. The number of esters is 1. The van der Waals surface area contributed by atoms with Crippen LogP contribution in [-0.2, 0) is 14.4 Å². The van der Waals surface area contributed by atoms with E-state index in [1.54, 1.807) is 13.2 Å². The number of benzene rings is 1. The van der Waals surface area contributed by atoms with Gasteiger partial charge in [-0.25, -0.2) is 0 Å². The van der Waals surface area contributed by atoms with Crippen molar-refractivity contribution in [1.82, 2.24) is 0 Å². The summed E-state index contributed by atoms with van der Waals surface area (Å²) in [6, 6.07) is 7.48. The van der Waals surface area contributed by atoms with Gasteiger partial charge in [0.2, 0.25) is 0 Å². The molecule has 1 saturated heterocycles. The summed E-state index contributed by atoms with van der Waals surface area (Å²) in [5.74, 6) is -1.12. The second-order valence-electron chi connectivity index (χ2n) is 6.89. The van der Waals surface area contributed by atoms with Crippen molar-refractivity contribution in [1.29, 1.82) is 0 Å². The normalized spacial score (nSPS) is 21.6. The molecule has 6 nitrogen and oxygen atoms in total. The van der Waals surface area contributed by atoms with Crippen LogP contribution in [0, 0.1) is 0 Å². The number of thioether (sulfide) groups is 1. The van der Waals surface area contributed by atoms with Crippen molar-refractivity contribution in [3.05, 3.63) is 35.4 Å². The van der Waals surface area contributed by atoms with Crippen LogP contribution in [-0.4, -0.2) is 40.4 Å². The van der Waals surface area contributed by atoms with Crippen LogP contribution in [0.25, 0.3) is 5.57 Å². The Labute approximate surface area is 169 Å². The molecular formula is C21H25NO5S. The fourth-order valence-electron chi connectivity index (χ4n) is 3.79. The van der Waals surface area contributed by atoms with E-state index in [0.717, 1.165) is 30.5 Å². The first-order valence-corrected chi connectivity index (χ1v) is 10.5. The van der Waals surface area contributed by atoms with Crippen molar-refractivity contribution in [3.63, 3.8) is 0 Å². The van der Waals surface area contributed by atoms with Gasteiger partial charge < -0.3 is 14.7 Å². The molecule has 2 aliphatic rings. The minimum absolute atomic E-state index is 0.144. The zero-order valence-corrected chi connectivity index (χ0v) is 17.0. The number of carbonyl (C=O) groups is 2. The minimum Gasteiger partial charge on any atom is -0.481 e. The lowest BCUT2D eigenvalue weighted by Gasteiger charge is -2.27. The number of ether oxygens (including phenoxy) is 1. The van der Waals surface area contributed by atoms with Gasteiger partial charge in [0.1, 0.15) is 12.9 Å². The summed E-state index contributed by atoms with van der Waals surface area (Å²) in [6.45, 7) is 2.08. The third-order valence-electron chi connectivity index (χ3n) is 4.99. The number of hydrogen-bond donors (Lipinski definition) is 1. The monoisotopic (exact) mass is 403 g/mol. The molecule has 0 aromatic heterocycles. The van der Waals surface area contributed by atoms with E-state index in [0.29, 0.717) is 16.2 Å².